The number of hydrogen-bond acceptors (Lipinski definition) is 2. The third-order valence-electron chi connectivity index (χ3n) is 3.64. The van der Waals surface area contributed by atoms with Crippen LogP contribution in [0.5, 0.6) is 0 Å². The molecular formula is C14H21ClF2N2. The van der Waals surface area contributed by atoms with Gasteiger partial charge in [-0.3, -0.25) is 4.90 Å². The van der Waals surface area contributed by atoms with Crippen molar-refractivity contribution in [2.45, 2.75) is 31.8 Å². The van der Waals surface area contributed by atoms with Crippen LogP contribution in [0, 0.1) is 11.6 Å². The Bertz CT molecular complexity index is 373. The Morgan fingerprint density at radius 1 is 1.21 bits per heavy atom. The Morgan fingerprint density at radius 2 is 1.89 bits per heavy atom. The minimum Gasteiger partial charge on any atom is -0.317 e. The SMILES string of the molecule is CN(Cc1c(F)cccc1F)C1CCCNCC1.Cl. The van der Waals surface area contributed by atoms with Gasteiger partial charge in [0, 0.05) is 18.2 Å². The van der Waals surface area contributed by atoms with Crippen molar-refractivity contribution in [3.05, 3.63) is 35.4 Å². The molecule has 0 amide bonds. The van der Waals surface area contributed by atoms with E-state index in [0.717, 1.165) is 32.4 Å². The molecule has 1 saturated heterocycles. The van der Waals surface area contributed by atoms with E-state index < -0.39 is 11.6 Å². The average molecular weight is 291 g/mol. The molecule has 0 radical (unpaired) electrons. The number of benzene rings is 1. The number of rotatable bonds is 3. The van der Waals surface area contributed by atoms with Gasteiger partial charge in [0.15, 0.2) is 0 Å². The first kappa shape index (κ1) is 16.3. The maximum Gasteiger partial charge on any atom is 0.130 e. The summed E-state index contributed by atoms with van der Waals surface area (Å²) in [5, 5.41) is 3.34. The van der Waals surface area contributed by atoms with Crippen LogP contribution in [0.25, 0.3) is 0 Å². The van der Waals surface area contributed by atoms with Gasteiger partial charge >= 0.3 is 0 Å². The maximum absolute atomic E-state index is 13.6. The molecule has 0 bridgehead atoms. The molecule has 1 aromatic rings. The highest BCUT2D eigenvalue weighted by atomic mass is 35.5. The Kier molecular flexibility index (Phi) is 6.69. The molecule has 1 heterocycles. The highest BCUT2D eigenvalue weighted by Crippen LogP contribution is 2.18. The Labute approximate surface area is 119 Å². The zero-order valence-corrected chi connectivity index (χ0v) is 12.0. The Hall–Kier alpha value is -0.710. The van der Waals surface area contributed by atoms with E-state index in [9.17, 15) is 8.78 Å². The predicted molar refractivity (Wildman–Crippen MR) is 75.6 cm³/mol. The van der Waals surface area contributed by atoms with E-state index in [4.69, 9.17) is 0 Å². The van der Waals surface area contributed by atoms with E-state index in [-0.39, 0.29) is 18.0 Å². The Balaban J connectivity index is 0.00000180. The topological polar surface area (TPSA) is 15.3 Å². The molecule has 1 N–H and O–H groups in total. The molecule has 0 spiro atoms. The quantitative estimate of drug-likeness (QED) is 0.921. The van der Waals surface area contributed by atoms with Crippen LogP contribution in [-0.2, 0) is 6.54 Å². The van der Waals surface area contributed by atoms with Gasteiger partial charge in [-0.2, -0.15) is 0 Å². The number of hydrogen-bond donors (Lipinski definition) is 1. The van der Waals surface area contributed by atoms with Gasteiger partial charge in [-0.1, -0.05) is 6.07 Å². The van der Waals surface area contributed by atoms with Crippen molar-refractivity contribution in [2.24, 2.45) is 0 Å². The summed E-state index contributed by atoms with van der Waals surface area (Å²) in [5.74, 6) is -0.901. The second-order valence-corrected chi connectivity index (χ2v) is 4.95. The smallest absolute Gasteiger partial charge is 0.130 e. The van der Waals surface area contributed by atoms with E-state index in [0.29, 0.717) is 12.6 Å². The molecule has 0 aromatic heterocycles. The largest absolute Gasteiger partial charge is 0.317 e. The monoisotopic (exact) mass is 290 g/mol. The third-order valence-corrected chi connectivity index (χ3v) is 3.64. The lowest BCUT2D eigenvalue weighted by Crippen LogP contribution is -2.32. The number of halogens is 3. The molecule has 2 rings (SSSR count). The van der Waals surface area contributed by atoms with Crippen molar-refractivity contribution < 1.29 is 8.78 Å². The van der Waals surface area contributed by atoms with Gasteiger partial charge in [0.25, 0.3) is 0 Å². The van der Waals surface area contributed by atoms with Crippen molar-refractivity contribution in [3.8, 4) is 0 Å². The molecule has 0 saturated carbocycles. The minimum atomic E-state index is -0.450. The Morgan fingerprint density at radius 3 is 2.58 bits per heavy atom. The van der Waals surface area contributed by atoms with Gasteiger partial charge in [0.2, 0.25) is 0 Å². The van der Waals surface area contributed by atoms with Gasteiger partial charge in [0.1, 0.15) is 11.6 Å². The summed E-state index contributed by atoms with van der Waals surface area (Å²) in [4.78, 5) is 2.06. The molecule has 1 unspecified atom stereocenters. The van der Waals surface area contributed by atoms with E-state index in [1.165, 1.54) is 18.2 Å². The van der Waals surface area contributed by atoms with E-state index in [1.54, 1.807) is 0 Å². The summed E-state index contributed by atoms with van der Waals surface area (Å²) in [5.41, 5.74) is 0.178. The summed E-state index contributed by atoms with van der Waals surface area (Å²) in [7, 11) is 1.95. The second kappa shape index (κ2) is 7.78. The van der Waals surface area contributed by atoms with Crippen molar-refractivity contribution >= 4 is 12.4 Å². The van der Waals surface area contributed by atoms with Gasteiger partial charge in [-0.15, -0.1) is 12.4 Å². The van der Waals surface area contributed by atoms with E-state index in [1.807, 2.05) is 7.05 Å². The number of nitrogens with zero attached hydrogens (tertiary/aromatic N) is 1. The zero-order chi connectivity index (χ0) is 13.0. The summed E-state index contributed by atoms with van der Waals surface area (Å²) in [6.45, 7) is 2.36. The van der Waals surface area contributed by atoms with Crippen molar-refractivity contribution in [1.82, 2.24) is 10.2 Å². The fourth-order valence-corrected chi connectivity index (χ4v) is 2.50. The predicted octanol–water partition coefficient (Wildman–Crippen LogP) is 2.96. The molecule has 1 fully saturated rings. The lowest BCUT2D eigenvalue weighted by molar-refractivity contribution is 0.211. The molecule has 1 aliphatic rings. The van der Waals surface area contributed by atoms with Gasteiger partial charge < -0.3 is 5.32 Å². The molecular weight excluding hydrogens is 270 g/mol. The highest BCUT2D eigenvalue weighted by Gasteiger charge is 2.19. The summed E-state index contributed by atoms with van der Waals surface area (Å²) in [6.07, 6.45) is 3.24. The lowest BCUT2D eigenvalue weighted by Gasteiger charge is -2.27. The average Bonchev–Trinajstić information content (AvgIpc) is 2.62. The fraction of sp³-hybridized carbons (Fsp3) is 0.571. The summed E-state index contributed by atoms with van der Waals surface area (Å²) in [6, 6.07) is 4.45. The summed E-state index contributed by atoms with van der Waals surface area (Å²) < 4.78 is 27.2. The molecule has 1 aromatic carbocycles. The van der Waals surface area contributed by atoms with Crippen LogP contribution < -0.4 is 5.32 Å². The first-order chi connectivity index (χ1) is 8.68. The van der Waals surface area contributed by atoms with Crippen LogP contribution in [-0.4, -0.2) is 31.1 Å². The molecule has 0 aliphatic carbocycles. The molecule has 1 aliphatic heterocycles. The number of nitrogens with one attached hydrogen (secondary N) is 1. The molecule has 2 nitrogen and oxygen atoms in total. The van der Waals surface area contributed by atoms with Crippen LogP contribution in [0.2, 0.25) is 0 Å². The first-order valence-corrected chi connectivity index (χ1v) is 6.52. The van der Waals surface area contributed by atoms with Crippen LogP contribution in [0.4, 0.5) is 8.78 Å². The first-order valence-electron chi connectivity index (χ1n) is 6.52. The van der Waals surface area contributed by atoms with Crippen molar-refractivity contribution in [3.63, 3.8) is 0 Å². The molecule has 19 heavy (non-hydrogen) atoms. The van der Waals surface area contributed by atoms with Crippen LogP contribution in [0.3, 0.4) is 0 Å². The van der Waals surface area contributed by atoms with Crippen LogP contribution in [0.1, 0.15) is 24.8 Å². The van der Waals surface area contributed by atoms with Gasteiger partial charge in [-0.25, -0.2) is 8.78 Å². The lowest BCUT2D eigenvalue weighted by atomic mass is 10.1. The molecule has 1 atom stereocenters. The van der Waals surface area contributed by atoms with Crippen LogP contribution in [0.15, 0.2) is 18.2 Å². The van der Waals surface area contributed by atoms with Crippen LogP contribution >= 0.6 is 12.4 Å². The second-order valence-electron chi connectivity index (χ2n) is 4.95. The summed E-state index contributed by atoms with van der Waals surface area (Å²) >= 11 is 0. The van der Waals surface area contributed by atoms with Crippen molar-refractivity contribution in [2.75, 3.05) is 20.1 Å². The van der Waals surface area contributed by atoms with E-state index >= 15 is 0 Å². The normalized spacial score (nSPS) is 19.9. The molecule has 108 valence electrons. The van der Waals surface area contributed by atoms with Gasteiger partial charge in [-0.05, 0) is 51.5 Å². The standard InChI is InChI=1S/C14H20F2N2.ClH/c1-18(11-4-3-8-17-9-7-11)10-12-13(15)5-2-6-14(12)16;/h2,5-6,11,17H,3-4,7-10H2,1H3;1H. The van der Waals surface area contributed by atoms with E-state index in [2.05, 4.69) is 10.2 Å². The maximum atomic E-state index is 13.6. The molecule has 5 heteroatoms. The minimum absolute atomic E-state index is 0. The third kappa shape index (κ3) is 4.41. The highest BCUT2D eigenvalue weighted by molar-refractivity contribution is 5.85. The zero-order valence-electron chi connectivity index (χ0n) is 11.2. The van der Waals surface area contributed by atoms with Gasteiger partial charge in [0.05, 0.1) is 0 Å². The fourth-order valence-electron chi connectivity index (χ4n) is 2.50. The van der Waals surface area contributed by atoms with Crippen molar-refractivity contribution in [1.29, 1.82) is 0 Å².